The third-order valence-electron chi connectivity index (χ3n) is 8.04. The second kappa shape index (κ2) is 14.1. The van der Waals surface area contributed by atoms with Crippen molar-refractivity contribution in [2.45, 2.75) is 19.9 Å². The SMILES string of the molecule is CCOC(=O)C1=C(C)N=c2s/c(=C\c3c(OC(=O)c4ccc([N+](=O)[O-])cc4)ccc4ccccc34)c(=O)n2[C@H]1c1cc(OC)c(OC)cc1Br. The van der Waals surface area contributed by atoms with Crippen LogP contribution in [-0.4, -0.2) is 42.3 Å². The van der Waals surface area contributed by atoms with E-state index < -0.39 is 28.5 Å². The lowest BCUT2D eigenvalue weighted by Gasteiger charge is -2.26. The van der Waals surface area contributed by atoms with Gasteiger partial charge < -0.3 is 18.9 Å². The summed E-state index contributed by atoms with van der Waals surface area (Å²) in [7, 11) is 3.00. The van der Waals surface area contributed by atoms with Crippen LogP contribution in [0, 0.1) is 10.1 Å². The number of rotatable bonds is 9. The van der Waals surface area contributed by atoms with E-state index in [0.29, 0.717) is 43.0 Å². The van der Waals surface area contributed by atoms with Gasteiger partial charge in [0.05, 0.1) is 53.2 Å². The van der Waals surface area contributed by atoms with Crippen LogP contribution in [0.2, 0.25) is 0 Å². The number of methoxy groups -OCH3 is 2. The van der Waals surface area contributed by atoms with E-state index in [2.05, 4.69) is 20.9 Å². The molecule has 0 saturated heterocycles. The molecule has 0 amide bonds. The lowest BCUT2D eigenvalue weighted by atomic mass is 9.95. The summed E-state index contributed by atoms with van der Waals surface area (Å²) < 4.78 is 24.5. The molecule has 1 aliphatic rings. The van der Waals surface area contributed by atoms with E-state index in [4.69, 9.17) is 18.9 Å². The number of esters is 2. The summed E-state index contributed by atoms with van der Waals surface area (Å²) >= 11 is 4.72. The molecule has 0 radical (unpaired) electrons. The highest BCUT2D eigenvalue weighted by Crippen LogP contribution is 2.41. The van der Waals surface area contributed by atoms with Crippen molar-refractivity contribution in [2.75, 3.05) is 20.8 Å². The normalized spacial score (nSPS) is 14.2. The third-order valence-corrected chi connectivity index (χ3v) is 9.71. The van der Waals surface area contributed by atoms with Gasteiger partial charge in [-0.15, -0.1) is 0 Å². The number of halogens is 1. The van der Waals surface area contributed by atoms with Crippen molar-refractivity contribution >= 4 is 61.7 Å². The van der Waals surface area contributed by atoms with E-state index in [1.54, 1.807) is 44.2 Å². The summed E-state index contributed by atoms with van der Waals surface area (Å²) in [4.78, 5) is 56.7. The van der Waals surface area contributed by atoms with Gasteiger partial charge in [-0.2, -0.15) is 0 Å². The van der Waals surface area contributed by atoms with Gasteiger partial charge in [-0.25, -0.2) is 14.6 Å². The number of nitro benzene ring substituents is 1. The number of carbonyl (C=O) groups is 2. The van der Waals surface area contributed by atoms with E-state index >= 15 is 0 Å². The first-order chi connectivity index (χ1) is 24.1. The van der Waals surface area contributed by atoms with Crippen molar-refractivity contribution in [3.05, 3.63) is 135 Å². The first kappa shape index (κ1) is 34.3. The number of fused-ring (bicyclic) bond motifs is 2. The van der Waals surface area contributed by atoms with Crippen LogP contribution in [-0.2, 0) is 9.53 Å². The average molecular weight is 759 g/mol. The Balaban J connectivity index is 1.55. The molecule has 50 heavy (non-hydrogen) atoms. The van der Waals surface area contributed by atoms with Gasteiger partial charge in [-0.05, 0) is 66.6 Å². The Kier molecular flexibility index (Phi) is 9.66. The Morgan fingerprint density at radius 2 is 1.70 bits per heavy atom. The largest absolute Gasteiger partial charge is 0.493 e. The van der Waals surface area contributed by atoms with Gasteiger partial charge in [0.2, 0.25) is 0 Å². The number of allylic oxidation sites excluding steroid dienone is 1. The summed E-state index contributed by atoms with van der Waals surface area (Å²) in [6.07, 6.45) is 1.63. The van der Waals surface area contributed by atoms with Crippen molar-refractivity contribution in [2.24, 2.45) is 4.99 Å². The molecule has 4 aromatic carbocycles. The van der Waals surface area contributed by atoms with Gasteiger partial charge in [0.15, 0.2) is 16.3 Å². The molecule has 1 aliphatic heterocycles. The molecule has 0 spiro atoms. The van der Waals surface area contributed by atoms with Crippen molar-refractivity contribution in [3.63, 3.8) is 0 Å². The lowest BCUT2D eigenvalue weighted by Crippen LogP contribution is -2.40. The minimum absolute atomic E-state index is 0.108. The summed E-state index contributed by atoms with van der Waals surface area (Å²) in [5.41, 5.74) is 1.05. The number of hydrogen-bond acceptors (Lipinski definition) is 11. The first-order valence-electron chi connectivity index (χ1n) is 15.2. The third kappa shape index (κ3) is 6.30. The lowest BCUT2D eigenvalue weighted by molar-refractivity contribution is -0.384. The van der Waals surface area contributed by atoms with Crippen molar-refractivity contribution < 1.29 is 33.5 Å². The minimum Gasteiger partial charge on any atom is -0.493 e. The smallest absolute Gasteiger partial charge is 0.343 e. The zero-order chi connectivity index (χ0) is 35.7. The van der Waals surface area contributed by atoms with Crippen LogP contribution in [0.5, 0.6) is 17.2 Å². The molecule has 0 N–H and O–H groups in total. The molecular formula is C36H28BrN3O9S. The molecule has 2 heterocycles. The van der Waals surface area contributed by atoms with Crippen LogP contribution in [0.4, 0.5) is 5.69 Å². The molecule has 0 bridgehead atoms. The minimum atomic E-state index is -0.950. The zero-order valence-electron chi connectivity index (χ0n) is 27.1. The highest BCUT2D eigenvalue weighted by atomic mass is 79.9. The second-order valence-electron chi connectivity index (χ2n) is 10.9. The molecule has 1 atom stereocenters. The number of ether oxygens (including phenoxy) is 4. The molecule has 5 aromatic rings. The fourth-order valence-electron chi connectivity index (χ4n) is 5.69. The maximum absolute atomic E-state index is 14.5. The predicted octanol–water partition coefficient (Wildman–Crippen LogP) is 5.86. The highest BCUT2D eigenvalue weighted by molar-refractivity contribution is 9.10. The predicted molar refractivity (Wildman–Crippen MR) is 190 cm³/mol. The maximum Gasteiger partial charge on any atom is 0.343 e. The number of nitro groups is 1. The van der Waals surface area contributed by atoms with E-state index in [1.165, 1.54) is 43.1 Å². The van der Waals surface area contributed by atoms with E-state index in [0.717, 1.165) is 16.7 Å². The Bertz CT molecular complexity index is 2420. The molecule has 6 rings (SSSR count). The standard InChI is InChI=1S/C36H28BrN3O9S/c1-5-48-35(43)31-19(2)38-36-39(32(31)25-16-28(46-3)29(47-4)18-26(25)37)33(41)30(50-36)17-24-23-9-7-6-8-20(23)12-15-27(24)49-34(42)21-10-13-22(14-11-21)40(44)45/h6-18,32H,5H2,1-4H3/b30-17-/t32-/m0/s1. The van der Waals surface area contributed by atoms with E-state index in [-0.39, 0.29) is 33.7 Å². The molecule has 0 saturated carbocycles. The number of hydrogen-bond donors (Lipinski definition) is 0. The quantitative estimate of drug-likeness (QED) is 0.0781. The summed E-state index contributed by atoms with van der Waals surface area (Å²) in [6.45, 7) is 3.49. The Labute approximate surface area is 296 Å². The van der Waals surface area contributed by atoms with Gasteiger partial charge >= 0.3 is 11.9 Å². The van der Waals surface area contributed by atoms with Gasteiger partial charge in [0, 0.05) is 22.2 Å². The average Bonchev–Trinajstić information content (AvgIpc) is 3.42. The van der Waals surface area contributed by atoms with E-state index in [9.17, 15) is 24.5 Å². The first-order valence-corrected chi connectivity index (χ1v) is 16.8. The van der Waals surface area contributed by atoms with Crippen LogP contribution in [0.15, 0.2) is 98.3 Å². The van der Waals surface area contributed by atoms with Crippen LogP contribution in [0.3, 0.4) is 0 Å². The molecule has 0 unspecified atom stereocenters. The number of thiazole rings is 1. The number of aromatic nitrogens is 1. The maximum atomic E-state index is 14.5. The Morgan fingerprint density at radius 3 is 2.38 bits per heavy atom. The van der Waals surface area contributed by atoms with Crippen molar-refractivity contribution in [3.8, 4) is 17.2 Å². The van der Waals surface area contributed by atoms with Crippen LogP contribution in [0.25, 0.3) is 16.8 Å². The van der Waals surface area contributed by atoms with Crippen LogP contribution >= 0.6 is 27.3 Å². The van der Waals surface area contributed by atoms with Crippen molar-refractivity contribution in [1.82, 2.24) is 4.57 Å². The Hall–Kier alpha value is -5.60. The number of nitrogens with zero attached hydrogens (tertiary/aromatic N) is 3. The molecule has 14 heteroatoms. The Morgan fingerprint density at radius 1 is 1.00 bits per heavy atom. The van der Waals surface area contributed by atoms with E-state index in [1.807, 2.05) is 24.3 Å². The van der Waals surface area contributed by atoms with Crippen LogP contribution < -0.4 is 29.1 Å². The summed E-state index contributed by atoms with van der Waals surface area (Å²) in [5, 5.41) is 12.6. The molecular weight excluding hydrogens is 730 g/mol. The van der Waals surface area contributed by atoms with Crippen LogP contribution in [0.1, 0.15) is 41.4 Å². The fraction of sp³-hybridized carbons (Fsp3) is 0.167. The topological polar surface area (TPSA) is 149 Å². The number of carbonyl (C=O) groups excluding carboxylic acids is 2. The van der Waals surface area contributed by atoms with Gasteiger partial charge in [-0.1, -0.05) is 57.6 Å². The van der Waals surface area contributed by atoms with Gasteiger partial charge in [-0.3, -0.25) is 19.5 Å². The van der Waals surface area contributed by atoms with Gasteiger partial charge in [0.25, 0.3) is 11.2 Å². The zero-order valence-corrected chi connectivity index (χ0v) is 29.5. The molecule has 0 fully saturated rings. The molecule has 254 valence electrons. The number of benzene rings is 4. The molecule has 12 nitrogen and oxygen atoms in total. The highest BCUT2D eigenvalue weighted by Gasteiger charge is 2.35. The summed E-state index contributed by atoms with van der Waals surface area (Å²) in [6, 6.07) is 18.4. The fourth-order valence-corrected chi connectivity index (χ4v) is 7.26. The summed E-state index contributed by atoms with van der Waals surface area (Å²) in [5.74, 6) is -0.356. The van der Waals surface area contributed by atoms with Gasteiger partial charge in [0.1, 0.15) is 5.75 Å². The molecule has 1 aromatic heterocycles. The second-order valence-corrected chi connectivity index (χ2v) is 12.8. The van der Waals surface area contributed by atoms with Crippen molar-refractivity contribution in [1.29, 1.82) is 0 Å². The number of non-ortho nitro benzene ring substituents is 1. The molecule has 0 aliphatic carbocycles. The monoisotopic (exact) mass is 757 g/mol.